The molecule has 1 saturated carbocycles. The summed E-state index contributed by atoms with van der Waals surface area (Å²) >= 11 is 0. The molecule has 0 spiro atoms. The maximum Gasteiger partial charge on any atom is 0.256 e. The molecule has 5 aromatic rings. The van der Waals surface area contributed by atoms with Gasteiger partial charge in [-0.2, -0.15) is 0 Å². The van der Waals surface area contributed by atoms with Gasteiger partial charge >= 0.3 is 0 Å². The number of ether oxygens (including phenoxy) is 2. The molecule has 0 radical (unpaired) electrons. The number of nitrogens with one attached hydrogen (secondary N) is 4. The number of halogens is 1. The number of amides is 5. The standard InChI is InChI=1S/C51H55FN10O7/c1-68-45-26-37-40(54-17-12-44(37)69-36-8-6-35(7-9-36)57-50(67)51(15-16-51)49(66)56-34-4-2-33(52)3-5-34)27-43(45)61-19-13-32(14-20-61)30-60-24-22-59(23-25-60)21-18-55-41-29-53-28-38-39(41)31-62(48(38)65)42-10-11-46(63)58-47(42)64/h2-9,12,17,26-29,32,42,55H,10-11,13-16,18-25,30-31H2,1H3,(H,56,66)(H,57,67)(H,58,63,64). The van der Waals surface area contributed by atoms with Crippen molar-refractivity contribution in [3.8, 4) is 17.2 Å². The van der Waals surface area contributed by atoms with Crippen molar-refractivity contribution < 1.29 is 37.8 Å². The van der Waals surface area contributed by atoms with E-state index in [9.17, 15) is 28.4 Å². The minimum Gasteiger partial charge on any atom is -0.495 e. The maximum absolute atomic E-state index is 13.3. The Hall–Kier alpha value is -7.18. The Morgan fingerprint density at radius 2 is 1.54 bits per heavy atom. The molecule has 69 heavy (non-hydrogen) atoms. The Bertz CT molecular complexity index is 2770. The number of pyridine rings is 2. The molecule has 3 saturated heterocycles. The van der Waals surface area contributed by atoms with Crippen molar-refractivity contribution in [2.24, 2.45) is 11.3 Å². The monoisotopic (exact) mass is 938 g/mol. The Morgan fingerprint density at radius 3 is 2.22 bits per heavy atom. The molecule has 358 valence electrons. The van der Waals surface area contributed by atoms with Crippen molar-refractivity contribution in [2.75, 3.05) is 86.9 Å². The van der Waals surface area contributed by atoms with Crippen LogP contribution in [0.5, 0.6) is 17.2 Å². The zero-order valence-corrected chi connectivity index (χ0v) is 38.5. The summed E-state index contributed by atoms with van der Waals surface area (Å²) in [4.78, 5) is 81.6. The number of aromatic nitrogens is 2. The molecule has 5 amide bonds. The summed E-state index contributed by atoms with van der Waals surface area (Å²) in [6.07, 6.45) is 8.57. The third-order valence-electron chi connectivity index (χ3n) is 14.2. The first-order valence-electron chi connectivity index (χ1n) is 23.7. The van der Waals surface area contributed by atoms with Crippen LogP contribution >= 0.6 is 0 Å². The lowest BCUT2D eigenvalue weighted by molar-refractivity contribution is -0.137. The van der Waals surface area contributed by atoms with Crippen LogP contribution in [0.25, 0.3) is 10.9 Å². The molecule has 0 bridgehead atoms. The topological polar surface area (TPSA) is 191 Å². The van der Waals surface area contributed by atoms with Crippen molar-refractivity contribution in [3.63, 3.8) is 0 Å². The van der Waals surface area contributed by atoms with Crippen LogP contribution in [0.15, 0.2) is 85.3 Å². The number of methoxy groups -OCH3 is 1. The van der Waals surface area contributed by atoms with Crippen molar-refractivity contribution >= 4 is 63.2 Å². The van der Waals surface area contributed by atoms with Gasteiger partial charge in [-0.15, -0.1) is 0 Å². The number of nitrogens with zero attached hydrogens (tertiary/aromatic N) is 6. The third-order valence-corrected chi connectivity index (χ3v) is 14.2. The Labute approximate surface area is 398 Å². The van der Waals surface area contributed by atoms with Crippen LogP contribution in [0.2, 0.25) is 0 Å². The zero-order valence-electron chi connectivity index (χ0n) is 38.5. The molecule has 1 atom stereocenters. The fourth-order valence-corrected chi connectivity index (χ4v) is 9.97. The SMILES string of the molecule is COc1cc2c(Oc3ccc(NC(=O)C4(C(=O)Nc5ccc(F)cc5)CC4)cc3)ccnc2cc1N1CCC(CN2CCN(CCNc3cncc4c3CN(C3CCC(=O)NC3=O)C4=O)CC2)CC1. The van der Waals surface area contributed by atoms with Crippen molar-refractivity contribution in [3.05, 3.63) is 102 Å². The Morgan fingerprint density at radius 1 is 0.841 bits per heavy atom. The van der Waals surface area contributed by atoms with Gasteiger partial charge < -0.3 is 40.1 Å². The van der Waals surface area contributed by atoms with Gasteiger partial charge in [0.05, 0.1) is 35.8 Å². The van der Waals surface area contributed by atoms with E-state index in [1.807, 2.05) is 12.1 Å². The number of carbonyl (C=O) groups excluding carboxylic acids is 5. The average Bonchev–Trinajstić information content (AvgIpc) is 4.12. The predicted molar refractivity (Wildman–Crippen MR) is 257 cm³/mol. The van der Waals surface area contributed by atoms with Crippen LogP contribution in [0.3, 0.4) is 0 Å². The second-order valence-electron chi connectivity index (χ2n) is 18.6. The van der Waals surface area contributed by atoms with E-state index in [1.165, 1.54) is 24.3 Å². The van der Waals surface area contributed by atoms with Crippen molar-refractivity contribution in [1.82, 2.24) is 30.0 Å². The summed E-state index contributed by atoms with van der Waals surface area (Å²) in [5.41, 5.74) is 3.73. The highest BCUT2D eigenvalue weighted by molar-refractivity contribution is 6.17. The van der Waals surface area contributed by atoms with Gasteiger partial charge in [-0.1, -0.05) is 0 Å². The van der Waals surface area contributed by atoms with E-state index in [0.29, 0.717) is 66.7 Å². The maximum atomic E-state index is 13.3. The number of anilines is 4. The Kier molecular flexibility index (Phi) is 12.8. The molecule has 4 aliphatic heterocycles. The van der Waals surface area contributed by atoms with E-state index in [-0.39, 0.29) is 18.2 Å². The molecule has 5 aliphatic rings. The first-order valence-corrected chi connectivity index (χ1v) is 23.7. The molecule has 2 aromatic heterocycles. The number of hydrogen-bond acceptors (Lipinski definition) is 13. The van der Waals surface area contributed by atoms with Crippen LogP contribution in [0.4, 0.5) is 27.1 Å². The molecular weight excluding hydrogens is 884 g/mol. The normalized spacial score (nSPS) is 19.5. The predicted octanol–water partition coefficient (Wildman–Crippen LogP) is 5.63. The molecule has 4 N–H and O–H groups in total. The molecule has 3 aromatic carbocycles. The number of piperazine rings is 1. The van der Waals surface area contributed by atoms with Gasteiger partial charge in [0.15, 0.2) is 0 Å². The fourth-order valence-electron chi connectivity index (χ4n) is 9.97. The van der Waals surface area contributed by atoms with Crippen LogP contribution in [0.1, 0.15) is 54.4 Å². The van der Waals surface area contributed by atoms with E-state index >= 15 is 0 Å². The number of piperidine rings is 2. The molecule has 6 heterocycles. The summed E-state index contributed by atoms with van der Waals surface area (Å²) in [6, 6.07) is 17.6. The smallest absolute Gasteiger partial charge is 0.256 e. The number of rotatable bonds is 15. The van der Waals surface area contributed by atoms with Crippen LogP contribution < -0.4 is 35.6 Å². The molecule has 18 heteroatoms. The van der Waals surface area contributed by atoms with Crippen LogP contribution in [-0.2, 0) is 25.7 Å². The zero-order chi connectivity index (χ0) is 47.6. The van der Waals surface area contributed by atoms with Gasteiger partial charge in [0.2, 0.25) is 23.6 Å². The summed E-state index contributed by atoms with van der Waals surface area (Å²) in [5, 5.41) is 12.3. The highest BCUT2D eigenvalue weighted by Crippen LogP contribution is 2.48. The summed E-state index contributed by atoms with van der Waals surface area (Å²) in [5.74, 6) is 0.347. The van der Waals surface area contributed by atoms with E-state index in [1.54, 1.807) is 54.9 Å². The molecule has 1 aliphatic carbocycles. The molecule has 4 fully saturated rings. The van der Waals surface area contributed by atoms with Gasteiger partial charge in [0, 0.05) is 107 Å². The number of carbonyl (C=O) groups is 5. The van der Waals surface area contributed by atoms with Gasteiger partial charge in [-0.3, -0.25) is 44.2 Å². The number of benzene rings is 3. The molecular formula is C51H55FN10O7. The summed E-state index contributed by atoms with van der Waals surface area (Å²) < 4.78 is 25.6. The van der Waals surface area contributed by atoms with Crippen LogP contribution in [-0.4, -0.2) is 126 Å². The number of fused-ring (bicyclic) bond motifs is 2. The van der Waals surface area contributed by atoms with E-state index in [4.69, 9.17) is 14.5 Å². The number of hydrogen-bond donors (Lipinski definition) is 4. The largest absolute Gasteiger partial charge is 0.495 e. The van der Waals surface area contributed by atoms with E-state index in [0.717, 1.165) is 98.8 Å². The molecule has 1 unspecified atom stereocenters. The minimum absolute atomic E-state index is 0.218. The second-order valence-corrected chi connectivity index (χ2v) is 18.6. The lowest BCUT2D eigenvalue weighted by atomic mass is 9.95. The van der Waals surface area contributed by atoms with Gasteiger partial charge in [0.1, 0.15) is 34.5 Å². The highest BCUT2D eigenvalue weighted by Gasteiger charge is 2.56. The average molecular weight is 939 g/mol. The lowest BCUT2D eigenvalue weighted by Crippen LogP contribution is -2.52. The summed E-state index contributed by atoms with van der Waals surface area (Å²) in [7, 11) is 1.68. The fraction of sp³-hybridized carbons (Fsp3) is 0.392. The number of imide groups is 1. The Balaban J connectivity index is 0.677. The lowest BCUT2D eigenvalue weighted by Gasteiger charge is -2.39. The second kappa shape index (κ2) is 19.4. The van der Waals surface area contributed by atoms with Gasteiger partial charge in [0.25, 0.3) is 5.91 Å². The third kappa shape index (κ3) is 9.76. The van der Waals surface area contributed by atoms with E-state index < -0.39 is 35.0 Å². The first-order chi connectivity index (χ1) is 33.5. The molecule has 10 rings (SSSR count). The van der Waals surface area contributed by atoms with Crippen molar-refractivity contribution in [1.29, 1.82) is 0 Å². The van der Waals surface area contributed by atoms with Gasteiger partial charge in [-0.25, -0.2) is 4.39 Å². The summed E-state index contributed by atoms with van der Waals surface area (Å²) in [6.45, 7) is 8.74. The minimum atomic E-state index is -1.17. The van der Waals surface area contributed by atoms with Crippen LogP contribution in [0, 0.1) is 17.2 Å². The van der Waals surface area contributed by atoms with Gasteiger partial charge in [-0.05, 0) is 105 Å². The molecule has 17 nitrogen and oxygen atoms in total. The highest BCUT2D eigenvalue weighted by atomic mass is 19.1. The quantitative estimate of drug-likeness (QED) is 0.0747. The van der Waals surface area contributed by atoms with E-state index in [2.05, 4.69) is 47.0 Å². The first kappa shape index (κ1) is 45.6. The van der Waals surface area contributed by atoms with Crippen molar-refractivity contribution in [2.45, 2.75) is 51.1 Å².